The Hall–Kier alpha value is -1.89. The molecule has 2 heterocycles. The molecule has 0 aromatic heterocycles. The Kier molecular flexibility index (Phi) is 3.46. The predicted octanol–water partition coefficient (Wildman–Crippen LogP) is 0.659. The number of nitrogens with zero attached hydrogens (tertiary/aromatic N) is 1. The molecule has 2 fully saturated rings. The molecule has 4 rings (SSSR count). The number of carbonyl (C=O) groups is 2. The standard InChI is InChI=1S/C17H20N2O4S/c20-15(18-13-6-10-24(22,23)11-13)17(7-8-17)16(21)19-9-5-12-3-1-2-4-14(12)19/h1-4,13H,5-11H2,(H,18,20). The topological polar surface area (TPSA) is 83.5 Å². The average molecular weight is 348 g/mol. The summed E-state index contributed by atoms with van der Waals surface area (Å²) in [4.78, 5) is 27.3. The van der Waals surface area contributed by atoms with Gasteiger partial charge in [0.2, 0.25) is 11.8 Å². The second-order valence-corrected chi connectivity index (χ2v) is 9.22. The number of hydrogen-bond donors (Lipinski definition) is 1. The van der Waals surface area contributed by atoms with Gasteiger partial charge in [-0.1, -0.05) is 18.2 Å². The molecule has 1 unspecified atom stereocenters. The highest BCUT2D eigenvalue weighted by molar-refractivity contribution is 7.91. The molecule has 1 aliphatic carbocycles. The molecule has 7 heteroatoms. The number of anilines is 1. The van der Waals surface area contributed by atoms with Gasteiger partial charge in [0.05, 0.1) is 11.5 Å². The van der Waals surface area contributed by atoms with E-state index in [0.29, 0.717) is 25.8 Å². The van der Waals surface area contributed by atoms with Crippen molar-refractivity contribution in [2.24, 2.45) is 5.41 Å². The number of sulfone groups is 1. The second kappa shape index (κ2) is 5.31. The number of fused-ring (bicyclic) bond motifs is 1. The van der Waals surface area contributed by atoms with Crippen molar-refractivity contribution < 1.29 is 18.0 Å². The third-order valence-electron chi connectivity index (χ3n) is 5.29. The highest BCUT2D eigenvalue weighted by atomic mass is 32.2. The van der Waals surface area contributed by atoms with Crippen LogP contribution in [0.1, 0.15) is 24.8 Å². The molecule has 24 heavy (non-hydrogen) atoms. The van der Waals surface area contributed by atoms with E-state index in [1.807, 2.05) is 24.3 Å². The van der Waals surface area contributed by atoms with Crippen LogP contribution in [0.2, 0.25) is 0 Å². The minimum atomic E-state index is -3.05. The summed E-state index contributed by atoms with van der Waals surface area (Å²) in [7, 11) is -3.05. The molecule has 1 saturated heterocycles. The molecule has 1 saturated carbocycles. The molecule has 0 bridgehead atoms. The Morgan fingerprint density at radius 1 is 1.21 bits per heavy atom. The van der Waals surface area contributed by atoms with Crippen molar-refractivity contribution in [1.82, 2.24) is 5.32 Å². The SMILES string of the molecule is O=C(NC1CCS(=O)(=O)C1)C1(C(=O)N2CCc3ccccc32)CC1. The summed E-state index contributed by atoms with van der Waals surface area (Å²) in [5.74, 6) is -0.363. The van der Waals surface area contributed by atoms with Gasteiger partial charge in [0.1, 0.15) is 5.41 Å². The molecule has 1 aromatic carbocycles. The van der Waals surface area contributed by atoms with Gasteiger partial charge in [-0.05, 0) is 37.3 Å². The first kappa shape index (κ1) is 15.6. The molecule has 1 N–H and O–H groups in total. The van der Waals surface area contributed by atoms with Gasteiger partial charge in [-0.2, -0.15) is 0 Å². The Morgan fingerprint density at radius 2 is 1.96 bits per heavy atom. The van der Waals surface area contributed by atoms with Crippen molar-refractivity contribution in [3.05, 3.63) is 29.8 Å². The molecule has 1 atom stereocenters. The summed E-state index contributed by atoms with van der Waals surface area (Å²) < 4.78 is 23.1. The molecular formula is C17H20N2O4S. The van der Waals surface area contributed by atoms with E-state index in [1.54, 1.807) is 4.90 Å². The zero-order chi connectivity index (χ0) is 16.9. The molecule has 0 spiro atoms. The van der Waals surface area contributed by atoms with Crippen molar-refractivity contribution in [2.75, 3.05) is 23.0 Å². The van der Waals surface area contributed by atoms with Gasteiger partial charge in [0, 0.05) is 18.3 Å². The zero-order valence-electron chi connectivity index (χ0n) is 13.3. The Morgan fingerprint density at radius 3 is 2.62 bits per heavy atom. The zero-order valence-corrected chi connectivity index (χ0v) is 14.1. The maximum Gasteiger partial charge on any atom is 0.242 e. The van der Waals surface area contributed by atoms with E-state index < -0.39 is 15.3 Å². The normalized spacial score (nSPS) is 26.0. The monoisotopic (exact) mass is 348 g/mol. The lowest BCUT2D eigenvalue weighted by Gasteiger charge is -2.24. The number of benzene rings is 1. The van der Waals surface area contributed by atoms with Crippen LogP contribution in [0.5, 0.6) is 0 Å². The van der Waals surface area contributed by atoms with E-state index in [4.69, 9.17) is 0 Å². The number of para-hydroxylation sites is 1. The fourth-order valence-electron chi connectivity index (χ4n) is 3.70. The third kappa shape index (κ3) is 2.51. The van der Waals surface area contributed by atoms with E-state index in [0.717, 1.165) is 17.7 Å². The van der Waals surface area contributed by atoms with Gasteiger partial charge in [-0.15, -0.1) is 0 Å². The van der Waals surface area contributed by atoms with Gasteiger partial charge < -0.3 is 10.2 Å². The predicted molar refractivity (Wildman–Crippen MR) is 89.4 cm³/mol. The maximum absolute atomic E-state index is 13.0. The fourth-order valence-corrected chi connectivity index (χ4v) is 5.38. The smallest absolute Gasteiger partial charge is 0.242 e. The summed E-state index contributed by atoms with van der Waals surface area (Å²) in [5, 5.41) is 2.80. The summed E-state index contributed by atoms with van der Waals surface area (Å²) in [6.07, 6.45) is 2.32. The van der Waals surface area contributed by atoms with Crippen LogP contribution in [0, 0.1) is 5.41 Å². The van der Waals surface area contributed by atoms with Gasteiger partial charge in [0.15, 0.2) is 9.84 Å². The second-order valence-electron chi connectivity index (χ2n) is 6.99. The Balaban J connectivity index is 1.49. The number of nitrogens with one attached hydrogen (secondary N) is 1. The summed E-state index contributed by atoms with van der Waals surface area (Å²) >= 11 is 0. The third-order valence-corrected chi connectivity index (χ3v) is 7.06. The van der Waals surface area contributed by atoms with Gasteiger partial charge in [0.25, 0.3) is 0 Å². The molecule has 3 aliphatic rings. The minimum absolute atomic E-state index is 0.0183. The summed E-state index contributed by atoms with van der Waals surface area (Å²) in [5.41, 5.74) is 1.03. The number of carbonyl (C=O) groups excluding carboxylic acids is 2. The van der Waals surface area contributed by atoms with Gasteiger partial charge in [-0.25, -0.2) is 8.42 Å². The van der Waals surface area contributed by atoms with Crippen molar-refractivity contribution >= 4 is 27.3 Å². The molecular weight excluding hydrogens is 328 g/mol. The van der Waals surface area contributed by atoms with Crippen LogP contribution in [-0.4, -0.2) is 44.3 Å². The highest BCUT2D eigenvalue weighted by Gasteiger charge is 2.59. The molecule has 2 aliphatic heterocycles. The number of amides is 2. The minimum Gasteiger partial charge on any atom is -0.351 e. The lowest BCUT2D eigenvalue weighted by atomic mass is 10.0. The number of hydrogen-bond acceptors (Lipinski definition) is 4. The summed E-state index contributed by atoms with van der Waals surface area (Å²) in [6, 6.07) is 7.41. The first-order valence-corrected chi connectivity index (χ1v) is 10.1. The molecule has 1 aromatic rings. The van der Waals surface area contributed by atoms with Crippen LogP contribution < -0.4 is 10.2 Å². The first-order valence-electron chi connectivity index (χ1n) is 8.33. The molecule has 6 nitrogen and oxygen atoms in total. The van der Waals surface area contributed by atoms with Crippen LogP contribution >= 0.6 is 0 Å². The van der Waals surface area contributed by atoms with E-state index in [1.165, 1.54) is 0 Å². The van der Waals surface area contributed by atoms with Crippen LogP contribution in [0.4, 0.5) is 5.69 Å². The Labute approximate surface area is 141 Å². The van der Waals surface area contributed by atoms with Crippen LogP contribution in [0.25, 0.3) is 0 Å². The largest absolute Gasteiger partial charge is 0.351 e. The van der Waals surface area contributed by atoms with Crippen LogP contribution in [0.15, 0.2) is 24.3 Å². The first-order chi connectivity index (χ1) is 11.4. The molecule has 0 radical (unpaired) electrons. The average Bonchev–Trinajstić information content (AvgIpc) is 3.15. The lowest BCUT2D eigenvalue weighted by Crippen LogP contribution is -2.48. The number of rotatable bonds is 3. The summed E-state index contributed by atoms with van der Waals surface area (Å²) in [6.45, 7) is 0.602. The van der Waals surface area contributed by atoms with Crippen molar-refractivity contribution in [1.29, 1.82) is 0 Å². The van der Waals surface area contributed by atoms with Crippen molar-refractivity contribution in [3.63, 3.8) is 0 Å². The molecule has 2 amide bonds. The molecule has 128 valence electrons. The van der Waals surface area contributed by atoms with E-state index in [-0.39, 0.29) is 29.4 Å². The lowest BCUT2D eigenvalue weighted by molar-refractivity contribution is -0.136. The van der Waals surface area contributed by atoms with Crippen molar-refractivity contribution in [2.45, 2.75) is 31.7 Å². The van der Waals surface area contributed by atoms with Gasteiger partial charge >= 0.3 is 0 Å². The van der Waals surface area contributed by atoms with Crippen molar-refractivity contribution in [3.8, 4) is 0 Å². The Bertz CT molecular complexity index is 814. The van der Waals surface area contributed by atoms with E-state index >= 15 is 0 Å². The maximum atomic E-state index is 13.0. The fraction of sp³-hybridized carbons (Fsp3) is 0.529. The highest BCUT2D eigenvalue weighted by Crippen LogP contribution is 2.49. The van der Waals surface area contributed by atoms with Crippen LogP contribution in [-0.2, 0) is 25.8 Å². The van der Waals surface area contributed by atoms with E-state index in [2.05, 4.69) is 5.32 Å². The van der Waals surface area contributed by atoms with Gasteiger partial charge in [-0.3, -0.25) is 9.59 Å². The van der Waals surface area contributed by atoms with E-state index in [9.17, 15) is 18.0 Å². The van der Waals surface area contributed by atoms with Crippen LogP contribution in [0.3, 0.4) is 0 Å². The quantitative estimate of drug-likeness (QED) is 0.814.